The van der Waals surface area contributed by atoms with E-state index < -0.39 is 0 Å². The standard InChI is InChI=1S/C17H25NP2/c1-12-8-10-13(11-9-12)18-14(16(2,3)4)19-15(20-18)17(5,6)7/h8-11H,1-7H3. The lowest BCUT2D eigenvalue weighted by molar-refractivity contribution is 0.577. The molecule has 1 nitrogen and oxygen atoms in total. The van der Waals surface area contributed by atoms with Crippen molar-refractivity contribution < 1.29 is 0 Å². The summed E-state index contributed by atoms with van der Waals surface area (Å²) in [6.07, 6.45) is 0. The average Bonchev–Trinajstić information content (AvgIpc) is 2.74. The predicted molar refractivity (Wildman–Crippen MR) is 92.9 cm³/mol. The number of hydrogen-bond donors (Lipinski definition) is 0. The first-order valence-corrected chi connectivity index (χ1v) is 8.88. The number of aryl methyl sites for hydroxylation is 1. The van der Waals surface area contributed by atoms with Crippen LogP contribution < -0.4 is 0 Å². The minimum atomic E-state index is 0.201. The summed E-state index contributed by atoms with van der Waals surface area (Å²) in [5.41, 5.74) is 4.60. The SMILES string of the molecule is Cc1ccc(-n2pc(C(C)(C)C)pc2C(C)(C)C)cc1. The Bertz CT molecular complexity index is 595. The molecular formula is C17H25NP2. The molecule has 1 heterocycles. The van der Waals surface area contributed by atoms with Crippen molar-refractivity contribution in [2.75, 3.05) is 0 Å². The first kappa shape index (κ1) is 15.7. The second kappa shape index (κ2) is 5.28. The molecule has 0 saturated carbocycles. The molecule has 0 radical (unpaired) electrons. The molecule has 20 heavy (non-hydrogen) atoms. The average molecular weight is 305 g/mol. The van der Waals surface area contributed by atoms with Gasteiger partial charge in [0.2, 0.25) is 0 Å². The number of aromatic nitrogens is 1. The molecule has 1 aromatic carbocycles. The predicted octanol–water partition coefficient (Wildman–Crippen LogP) is 6.54. The van der Waals surface area contributed by atoms with Crippen LogP contribution in [-0.4, -0.2) is 4.33 Å². The first-order chi connectivity index (χ1) is 9.09. The molecule has 108 valence electrons. The number of rotatable bonds is 1. The van der Waals surface area contributed by atoms with Gasteiger partial charge in [0.05, 0.1) is 5.43 Å². The zero-order valence-corrected chi connectivity index (χ0v) is 15.4. The van der Waals surface area contributed by atoms with Gasteiger partial charge in [0, 0.05) is 24.5 Å². The van der Waals surface area contributed by atoms with Crippen LogP contribution in [0.5, 0.6) is 0 Å². The van der Waals surface area contributed by atoms with E-state index in [9.17, 15) is 0 Å². The Balaban J connectivity index is 2.62. The summed E-state index contributed by atoms with van der Waals surface area (Å²) in [6.45, 7) is 16.1. The summed E-state index contributed by atoms with van der Waals surface area (Å²) in [6, 6.07) is 8.90. The number of hydrogen-bond acceptors (Lipinski definition) is 0. The molecule has 0 aliphatic rings. The Morgan fingerprint density at radius 1 is 0.850 bits per heavy atom. The third-order valence-electron chi connectivity index (χ3n) is 3.23. The van der Waals surface area contributed by atoms with Crippen LogP contribution in [0.4, 0.5) is 0 Å². The molecule has 0 saturated heterocycles. The smallest absolute Gasteiger partial charge is 0.0599 e. The highest BCUT2D eigenvalue weighted by atomic mass is 31.1. The van der Waals surface area contributed by atoms with Crippen LogP contribution in [0.1, 0.15) is 57.6 Å². The zero-order valence-electron chi connectivity index (χ0n) is 13.7. The lowest BCUT2D eigenvalue weighted by atomic mass is 9.98. The molecule has 3 heteroatoms. The summed E-state index contributed by atoms with van der Waals surface area (Å²) in [5.74, 6) is 0. The highest BCUT2D eigenvalue weighted by molar-refractivity contribution is 7.47. The van der Waals surface area contributed by atoms with Crippen LogP contribution in [0.25, 0.3) is 5.69 Å². The summed E-state index contributed by atoms with van der Waals surface area (Å²) < 4.78 is 2.49. The van der Waals surface area contributed by atoms with Crippen LogP contribution >= 0.6 is 16.5 Å². The molecular weight excluding hydrogens is 280 g/mol. The Morgan fingerprint density at radius 2 is 1.40 bits per heavy atom. The molecule has 0 aliphatic heterocycles. The normalized spacial score (nSPS) is 13.6. The van der Waals surface area contributed by atoms with Crippen LogP contribution in [-0.2, 0) is 10.8 Å². The van der Waals surface area contributed by atoms with Gasteiger partial charge in [0.1, 0.15) is 0 Å². The molecule has 0 aliphatic carbocycles. The van der Waals surface area contributed by atoms with Crippen molar-refractivity contribution in [2.24, 2.45) is 0 Å². The van der Waals surface area contributed by atoms with Gasteiger partial charge in [-0.05, 0) is 32.7 Å². The topological polar surface area (TPSA) is 4.93 Å². The van der Waals surface area contributed by atoms with Gasteiger partial charge in [-0.2, -0.15) is 0 Å². The Morgan fingerprint density at radius 3 is 1.85 bits per heavy atom. The molecule has 1 aromatic heterocycles. The fourth-order valence-corrected chi connectivity index (χ4v) is 5.20. The van der Waals surface area contributed by atoms with E-state index in [-0.39, 0.29) is 10.8 Å². The molecule has 0 atom stereocenters. The van der Waals surface area contributed by atoms with E-state index in [0.717, 1.165) is 0 Å². The Labute approximate surface area is 126 Å². The van der Waals surface area contributed by atoms with Crippen molar-refractivity contribution in [3.63, 3.8) is 0 Å². The van der Waals surface area contributed by atoms with Crippen LogP contribution in [0.3, 0.4) is 0 Å². The van der Waals surface area contributed by atoms with Gasteiger partial charge >= 0.3 is 0 Å². The van der Waals surface area contributed by atoms with E-state index in [4.69, 9.17) is 0 Å². The van der Waals surface area contributed by atoms with E-state index in [1.165, 1.54) is 33.2 Å². The summed E-state index contributed by atoms with van der Waals surface area (Å²) >= 11 is 0. The van der Waals surface area contributed by atoms with Crippen molar-refractivity contribution in [3.05, 3.63) is 40.3 Å². The van der Waals surface area contributed by atoms with Gasteiger partial charge in [-0.1, -0.05) is 59.2 Å². The van der Waals surface area contributed by atoms with Crippen LogP contribution in [0, 0.1) is 6.92 Å². The number of nitrogens with zero attached hydrogens (tertiary/aromatic N) is 1. The van der Waals surface area contributed by atoms with Gasteiger partial charge in [0.15, 0.2) is 0 Å². The molecule has 0 fully saturated rings. The fourth-order valence-electron chi connectivity index (χ4n) is 1.98. The Hall–Kier alpha value is -0.640. The van der Waals surface area contributed by atoms with Gasteiger partial charge in [0.25, 0.3) is 0 Å². The maximum absolute atomic E-state index is 2.49. The third-order valence-corrected chi connectivity index (χ3v) is 7.41. The van der Waals surface area contributed by atoms with Crippen molar-refractivity contribution in [2.45, 2.75) is 59.3 Å². The first-order valence-electron chi connectivity index (χ1n) is 7.14. The maximum atomic E-state index is 2.49. The van der Waals surface area contributed by atoms with E-state index >= 15 is 0 Å². The van der Waals surface area contributed by atoms with Gasteiger partial charge in [-0.3, -0.25) is 4.33 Å². The minimum absolute atomic E-state index is 0.201. The molecule has 0 amide bonds. The second-order valence-electron chi connectivity index (χ2n) is 7.51. The number of benzene rings is 1. The molecule has 2 aromatic rings. The molecule has 2 rings (SSSR count). The second-order valence-corrected chi connectivity index (χ2v) is 10.0. The zero-order chi connectivity index (χ0) is 15.1. The van der Waals surface area contributed by atoms with Crippen LogP contribution in [0.2, 0.25) is 0 Å². The van der Waals surface area contributed by atoms with E-state index in [2.05, 4.69) is 77.1 Å². The summed E-state index contributed by atoms with van der Waals surface area (Å²) in [5, 5.41) is 1.59. The van der Waals surface area contributed by atoms with E-state index in [1.54, 1.807) is 5.03 Å². The molecule has 0 spiro atoms. The molecule has 0 bridgehead atoms. The quantitative estimate of drug-likeness (QED) is 0.563. The largest absolute Gasteiger partial charge is 0.291 e. The monoisotopic (exact) mass is 305 g/mol. The highest BCUT2D eigenvalue weighted by Gasteiger charge is 2.26. The van der Waals surface area contributed by atoms with E-state index in [1.807, 2.05) is 0 Å². The summed E-state index contributed by atoms with van der Waals surface area (Å²) in [7, 11) is 2.75. The maximum Gasteiger partial charge on any atom is 0.0599 e. The lowest BCUT2D eigenvalue weighted by Gasteiger charge is -2.20. The third kappa shape index (κ3) is 3.33. The highest BCUT2D eigenvalue weighted by Crippen LogP contribution is 2.46. The van der Waals surface area contributed by atoms with Gasteiger partial charge in [-0.25, -0.2) is 0 Å². The van der Waals surface area contributed by atoms with E-state index in [0.29, 0.717) is 0 Å². The lowest BCUT2D eigenvalue weighted by Crippen LogP contribution is -2.14. The molecule has 0 unspecified atom stereocenters. The van der Waals surface area contributed by atoms with Gasteiger partial charge in [-0.15, -0.1) is 0 Å². The van der Waals surface area contributed by atoms with Crippen molar-refractivity contribution in [1.82, 2.24) is 4.33 Å². The van der Waals surface area contributed by atoms with Gasteiger partial charge < -0.3 is 0 Å². The summed E-state index contributed by atoms with van der Waals surface area (Å²) in [4.78, 5) is 0. The molecule has 0 N–H and O–H groups in total. The minimum Gasteiger partial charge on any atom is -0.291 e. The van der Waals surface area contributed by atoms with Crippen LogP contribution in [0.15, 0.2) is 24.3 Å². The van der Waals surface area contributed by atoms with Crippen molar-refractivity contribution in [1.29, 1.82) is 0 Å². The van der Waals surface area contributed by atoms with Crippen molar-refractivity contribution >= 4 is 16.5 Å². The fraction of sp³-hybridized carbons (Fsp3) is 0.529. The van der Waals surface area contributed by atoms with Crippen molar-refractivity contribution in [3.8, 4) is 5.69 Å². The Kier molecular flexibility index (Phi) is 4.16.